The summed E-state index contributed by atoms with van der Waals surface area (Å²) >= 11 is 0. The number of aromatic nitrogens is 1. The van der Waals surface area contributed by atoms with Crippen LogP contribution in [-0.4, -0.2) is 18.2 Å². The molecule has 0 fully saturated rings. The Kier molecular flexibility index (Phi) is 4.07. The number of nitrogens with zero attached hydrogens (tertiary/aromatic N) is 1. The third-order valence-corrected chi connectivity index (χ3v) is 3.56. The fourth-order valence-corrected chi connectivity index (χ4v) is 2.69. The lowest BCUT2D eigenvalue weighted by Gasteiger charge is -2.10. The number of fused-ring (bicyclic) bond motifs is 1. The molecule has 0 saturated heterocycles. The van der Waals surface area contributed by atoms with Crippen LogP contribution in [-0.2, 0) is 6.42 Å². The van der Waals surface area contributed by atoms with Gasteiger partial charge in [0.15, 0.2) is 0 Å². The van der Waals surface area contributed by atoms with Crippen LogP contribution in [0.1, 0.15) is 37.4 Å². The van der Waals surface area contributed by atoms with Crippen LogP contribution in [0.3, 0.4) is 0 Å². The van der Waals surface area contributed by atoms with E-state index < -0.39 is 0 Å². The molecule has 0 saturated carbocycles. The summed E-state index contributed by atoms with van der Waals surface area (Å²) < 4.78 is 2.38. The molecule has 0 radical (unpaired) electrons. The second-order valence-electron chi connectivity index (χ2n) is 5.33. The molecule has 1 heterocycles. The molecule has 0 spiro atoms. The average molecular weight is 244 g/mol. The third kappa shape index (κ3) is 2.44. The van der Waals surface area contributed by atoms with Crippen molar-refractivity contribution in [2.45, 2.75) is 39.7 Å². The quantitative estimate of drug-likeness (QED) is 0.794. The Morgan fingerprint density at radius 2 is 2.06 bits per heavy atom. The van der Waals surface area contributed by atoms with Crippen LogP contribution < -0.4 is 5.32 Å². The van der Waals surface area contributed by atoms with E-state index in [4.69, 9.17) is 0 Å². The van der Waals surface area contributed by atoms with Crippen molar-refractivity contribution in [2.24, 2.45) is 0 Å². The molecular weight excluding hydrogens is 220 g/mol. The minimum Gasteiger partial charge on any atom is -0.345 e. The molecule has 0 aliphatic rings. The van der Waals surface area contributed by atoms with E-state index in [0.29, 0.717) is 6.04 Å². The van der Waals surface area contributed by atoms with Gasteiger partial charge in [0.25, 0.3) is 0 Å². The first-order chi connectivity index (χ1) is 8.65. The summed E-state index contributed by atoms with van der Waals surface area (Å²) in [6.45, 7) is 7.79. The molecule has 2 heteroatoms. The fraction of sp³-hybridized carbons (Fsp3) is 0.500. The Morgan fingerprint density at radius 1 is 1.28 bits per heavy atom. The van der Waals surface area contributed by atoms with Gasteiger partial charge < -0.3 is 9.88 Å². The molecule has 98 valence electrons. The highest BCUT2D eigenvalue weighted by Crippen LogP contribution is 2.27. The maximum Gasteiger partial charge on any atom is 0.0488 e. The topological polar surface area (TPSA) is 17.0 Å². The number of aryl methyl sites for hydroxylation is 2. The van der Waals surface area contributed by atoms with Crippen LogP contribution in [0.2, 0.25) is 0 Å². The molecule has 0 aliphatic carbocycles. The summed E-state index contributed by atoms with van der Waals surface area (Å²) in [5.41, 5.74) is 4.27. The molecule has 18 heavy (non-hydrogen) atoms. The first-order valence-corrected chi connectivity index (χ1v) is 6.88. The Bertz CT molecular complexity index is 523. The predicted octanol–water partition coefficient (Wildman–Crippen LogP) is 3.68. The lowest BCUT2D eigenvalue weighted by atomic mass is 10.0. The van der Waals surface area contributed by atoms with E-state index in [1.807, 2.05) is 7.05 Å². The van der Waals surface area contributed by atoms with Crippen LogP contribution in [0.5, 0.6) is 0 Å². The van der Waals surface area contributed by atoms with E-state index >= 15 is 0 Å². The van der Waals surface area contributed by atoms with E-state index in [2.05, 4.69) is 55.1 Å². The zero-order valence-electron chi connectivity index (χ0n) is 12.0. The number of rotatable bonds is 5. The number of hydrogen-bond acceptors (Lipinski definition) is 1. The standard InChI is InChI=1S/C16H24N2/c1-12(2)18-11-13(3)16-14(8-6-10-17-4)7-5-9-15(16)18/h5,7,9,11-12,17H,6,8,10H2,1-4H3. The molecular formula is C16H24N2. The SMILES string of the molecule is CNCCCc1cccc2c1c(C)cn2C(C)C. The van der Waals surface area contributed by atoms with E-state index in [0.717, 1.165) is 13.0 Å². The van der Waals surface area contributed by atoms with Crippen molar-refractivity contribution in [2.75, 3.05) is 13.6 Å². The van der Waals surface area contributed by atoms with Gasteiger partial charge in [0, 0.05) is 23.1 Å². The average Bonchev–Trinajstić information content (AvgIpc) is 2.68. The van der Waals surface area contributed by atoms with E-state index in [1.165, 1.54) is 28.5 Å². The lowest BCUT2D eigenvalue weighted by molar-refractivity contribution is 0.622. The summed E-state index contributed by atoms with van der Waals surface area (Å²) in [6.07, 6.45) is 4.64. The van der Waals surface area contributed by atoms with Crippen LogP contribution >= 0.6 is 0 Å². The number of hydrogen-bond donors (Lipinski definition) is 1. The normalized spacial score (nSPS) is 11.6. The maximum atomic E-state index is 3.22. The minimum atomic E-state index is 0.522. The Morgan fingerprint density at radius 3 is 2.72 bits per heavy atom. The fourth-order valence-electron chi connectivity index (χ4n) is 2.69. The third-order valence-electron chi connectivity index (χ3n) is 3.56. The lowest BCUT2D eigenvalue weighted by Crippen LogP contribution is -2.08. The van der Waals surface area contributed by atoms with E-state index in [1.54, 1.807) is 0 Å². The summed E-state index contributed by atoms with van der Waals surface area (Å²) in [7, 11) is 2.01. The first-order valence-electron chi connectivity index (χ1n) is 6.88. The van der Waals surface area contributed by atoms with Gasteiger partial charge in [-0.25, -0.2) is 0 Å². The van der Waals surface area contributed by atoms with Gasteiger partial charge in [0.2, 0.25) is 0 Å². The Labute approximate surface area is 110 Å². The molecule has 2 rings (SSSR count). The Hall–Kier alpha value is -1.28. The van der Waals surface area contributed by atoms with Gasteiger partial charge in [-0.3, -0.25) is 0 Å². The van der Waals surface area contributed by atoms with Gasteiger partial charge in [-0.1, -0.05) is 12.1 Å². The maximum absolute atomic E-state index is 3.22. The summed E-state index contributed by atoms with van der Waals surface area (Å²) in [5, 5.41) is 4.68. The molecule has 1 aromatic carbocycles. The minimum absolute atomic E-state index is 0.522. The van der Waals surface area contributed by atoms with Gasteiger partial charge in [-0.15, -0.1) is 0 Å². The van der Waals surface area contributed by atoms with Crippen LogP contribution in [0.4, 0.5) is 0 Å². The number of benzene rings is 1. The van der Waals surface area contributed by atoms with Crippen molar-refractivity contribution in [1.82, 2.24) is 9.88 Å². The molecule has 0 atom stereocenters. The molecule has 1 aromatic heterocycles. The largest absolute Gasteiger partial charge is 0.345 e. The molecule has 0 aliphatic heterocycles. The number of nitrogens with one attached hydrogen (secondary N) is 1. The molecule has 0 unspecified atom stereocenters. The van der Waals surface area contributed by atoms with Crippen LogP contribution in [0.15, 0.2) is 24.4 Å². The van der Waals surface area contributed by atoms with Crippen molar-refractivity contribution in [3.63, 3.8) is 0 Å². The first kappa shape index (κ1) is 13.2. The van der Waals surface area contributed by atoms with Crippen molar-refractivity contribution in [1.29, 1.82) is 0 Å². The van der Waals surface area contributed by atoms with Crippen molar-refractivity contribution < 1.29 is 0 Å². The highest BCUT2D eigenvalue weighted by molar-refractivity contribution is 5.87. The zero-order valence-corrected chi connectivity index (χ0v) is 12.0. The highest BCUT2D eigenvalue weighted by Gasteiger charge is 2.10. The smallest absolute Gasteiger partial charge is 0.0488 e. The molecule has 0 amide bonds. The molecule has 2 aromatic rings. The van der Waals surface area contributed by atoms with Crippen LogP contribution in [0, 0.1) is 6.92 Å². The summed E-state index contributed by atoms with van der Waals surface area (Å²) in [4.78, 5) is 0. The summed E-state index contributed by atoms with van der Waals surface area (Å²) in [6, 6.07) is 7.23. The highest BCUT2D eigenvalue weighted by atomic mass is 15.0. The second-order valence-corrected chi connectivity index (χ2v) is 5.33. The predicted molar refractivity (Wildman–Crippen MR) is 79.3 cm³/mol. The van der Waals surface area contributed by atoms with Crippen LogP contribution in [0.25, 0.3) is 10.9 Å². The van der Waals surface area contributed by atoms with Gasteiger partial charge in [-0.05, 0) is 64.4 Å². The monoisotopic (exact) mass is 244 g/mol. The van der Waals surface area contributed by atoms with Gasteiger partial charge in [-0.2, -0.15) is 0 Å². The Balaban J connectivity index is 2.42. The van der Waals surface area contributed by atoms with Gasteiger partial charge in [0.1, 0.15) is 0 Å². The molecule has 1 N–H and O–H groups in total. The van der Waals surface area contributed by atoms with Crippen molar-refractivity contribution in [3.05, 3.63) is 35.5 Å². The molecule has 2 nitrogen and oxygen atoms in total. The van der Waals surface area contributed by atoms with E-state index in [9.17, 15) is 0 Å². The van der Waals surface area contributed by atoms with E-state index in [-0.39, 0.29) is 0 Å². The van der Waals surface area contributed by atoms with Crippen molar-refractivity contribution >= 4 is 10.9 Å². The molecule has 0 bridgehead atoms. The van der Waals surface area contributed by atoms with Gasteiger partial charge >= 0.3 is 0 Å². The van der Waals surface area contributed by atoms with Crippen molar-refractivity contribution in [3.8, 4) is 0 Å². The second kappa shape index (κ2) is 5.57. The summed E-state index contributed by atoms with van der Waals surface area (Å²) in [5.74, 6) is 0. The zero-order chi connectivity index (χ0) is 13.1. The van der Waals surface area contributed by atoms with Gasteiger partial charge in [0.05, 0.1) is 0 Å².